The molecule has 0 fully saturated rings. The van der Waals surface area contributed by atoms with Crippen LogP contribution in [0, 0.1) is 0 Å². The van der Waals surface area contributed by atoms with Gasteiger partial charge in [0.15, 0.2) is 0 Å². The Labute approximate surface area is 87.3 Å². The van der Waals surface area contributed by atoms with Crippen LogP contribution >= 0.6 is 31.9 Å². The second-order valence-corrected chi connectivity index (χ2v) is 3.53. The van der Waals surface area contributed by atoms with Gasteiger partial charge in [-0.15, -0.1) is 0 Å². The fraction of sp³-hybridized carbons (Fsp3) is 0.250. The molecule has 4 heteroatoms. The molecular weight excluding hydrogens is 294 g/mol. The average molecular weight is 302 g/mol. The van der Waals surface area contributed by atoms with Crippen LogP contribution in [0.25, 0.3) is 0 Å². The van der Waals surface area contributed by atoms with E-state index < -0.39 is 11.7 Å². The van der Waals surface area contributed by atoms with Gasteiger partial charge in [0.05, 0.1) is 4.48 Å². The van der Waals surface area contributed by atoms with Crippen molar-refractivity contribution in [3.05, 3.63) is 34.4 Å². The molecule has 0 spiro atoms. The Hall–Kier alpha value is 0.0400. The lowest BCUT2D eigenvalue weighted by Gasteiger charge is -1.96. The SMILES string of the molecule is C=C(CBr)/C(F)=C\C(Br)=C(/C)F. The third kappa shape index (κ3) is 4.16. The second-order valence-electron chi connectivity index (χ2n) is 2.11. The van der Waals surface area contributed by atoms with Crippen molar-refractivity contribution in [1.29, 1.82) is 0 Å². The van der Waals surface area contributed by atoms with E-state index in [0.29, 0.717) is 5.33 Å². The highest BCUT2D eigenvalue weighted by Gasteiger charge is 2.01. The Morgan fingerprint density at radius 2 is 2.00 bits per heavy atom. The van der Waals surface area contributed by atoms with Crippen molar-refractivity contribution >= 4 is 31.9 Å². The molecule has 0 bridgehead atoms. The number of alkyl halides is 1. The van der Waals surface area contributed by atoms with E-state index in [-0.39, 0.29) is 10.1 Å². The Morgan fingerprint density at radius 1 is 1.50 bits per heavy atom. The van der Waals surface area contributed by atoms with E-state index in [9.17, 15) is 8.78 Å². The van der Waals surface area contributed by atoms with Gasteiger partial charge in [0.25, 0.3) is 0 Å². The summed E-state index contributed by atoms with van der Waals surface area (Å²) in [6.07, 6.45) is 1.05. The van der Waals surface area contributed by atoms with E-state index in [1.54, 1.807) is 0 Å². The summed E-state index contributed by atoms with van der Waals surface area (Å²) < 4.78 is 25.4. The highest BCUT2D eigenvalue weighted by atomic mass is 79.9. The molecule has 0 saturated carbocycles. The molecule has 0 N–H and O–H groups in total. The van der Waals surface area contributed by atoms with Crippen LogP contribution in [-0.2, 0) is 0 Å². The normalized spacial score (nSPS) is 14.2. The minimum Gasteiger partial charge on any atom is -0.211 e. The van der Waals surface area contributed by atoms with Crippen LogP contribution in [0.3, 0.4) is 0 Å². The zero-order valence-electron chi connectivity index (χ0n) is 6.50. The van der Waals surface area contributed by atoms with Crippen molar-refractivity contribution in [3.63, 3.8) is 0 Å². The summed E-state index contributed by atoms with van der Waals surface area (Å²) in [5.74, 6) is -0.997. The third-order valence-corrected chi connectivity index (χ3v) is 2.53. The van der Waals surface area contributed by atoms with Gasteiger partial charge in [-0.25, -0.2) is 8.78 Å². The van der Waals surface area contributed by atoms with E-state index in [2.05, 4.69) is 38.4 Å². The van der Waals surface area contributed by atoms with Gasteiger partial charge in [-0.3, -0.25) is 0 Å². The van der Waals surface area contributed by atoms with Gasteiger partial charge >= 0.3 is 0 Å². The monoisotopic (exact) mass is 300 g/mol. The fourth-order valence-electron chi connectivity index (χ4n) is 0.377. The smallest absolute Gasteiger partial charge is 0.127 e. The number of allylic oxidation sites excluding steroid dienone is 5. The maximum absolute atomic E-state index is 12.9. The van der Waals surface area contributed by atoms with Crippen molar-refractivity contribution < 1.29 is 8.78 Å². The van der Waals surface area contributed by atoms with Crippen LogP contribution in [0.5, 0.6) is 0 Å². The first-order valence-electron chi connectivity index (χ1n) is 3.12. The third-order valence-electron chi connectivity index (χ3n) is 1.08. The summed E-state index contributed by atoms with van der Waals surface area (Å²) in [7, 11) is 0. The largest absolute Gasteiger partial charge is 0.211 e. The lowest BCUT2D eigenvalue weighted by molar-refractivity contribution is 0.632. The summed E-state index contributed by atoms with van der Waals surface area (Å²) in [6, 6.07) is 0. The average Bonchev–Trinajstić information content (AvgIpc) is 2.02. The minimum atomic E-state index is -0.532. The first-order chi connectivity index (χ1) is 5.49. The summed E-state index contributed by atoms with van der Waals surface area (Å²) in [5.41, 5.74) is 0.285. The van der Waals surface area contributed by atoms with Gasteiger partial charge in [-0.2, -0.15) is 0 Å². The number of hydrogen-bond acceptors (Lipinski definition) is 0. The van der Waals surface area contributed by atoms with E-state index >= 15 is 0 Å². The molecular formula is C8H8Br2F2. The second kappa shape index (κ2) is 5.65. The molecule has 0 saturated heterocycles. The lowest BCUT2D eigenvalue weighted by atomic mass is 10.3. The van der Waals surface area contributed by atoms with Crippen molar-refractivity contribution in [3.8, 4) is 0 Å². The predicted molar refractivity (Wildman–Crippen MR) is 54.9 cm³/mol. The van der Waals surface area contributed by atoms with Crippen LogP contribution in [0.15, 0.2) is 34.4 Å². The molecule has 0 aliphatic heterocycles. The van der Waals surface area contributed by atoms with E-state index in [4.69, 9.17) is 0 Å². The van der Waals surface area contributed by atoms with Gasteiger partial charge in [0.1, 0.15) is 11.7 Å². The van der Waals surface area contributed by atoms with Crippen molar-refractivity contribution in [2.45, 2.75) is 6.92 Å². The molecule has 0 heterocycles. The molecule has 0 nitrogen and oxygen atoms in total. The Kier molecular flexibility index (Phi) is 5.66. The number of halogens is 4. The summed E-state index contributed by atoms with van der Waals surface area (Å²) in [5, 5.41) is 0.334. The zero-order chi connectivity index (χ0) is 9.72. The quantitative estimate of drug-likeness (QED) is 0.536. The van der Waals surface area contributed by atoms with Crippen molar-refractivity contribution in [2.24, 2.45) is 0 Å². The van der Waals surface area contributed by atoms with Gasteiger partial charge in [-0.05, 0) is 34.5 Å². The van der Waals surface area contributed by atoms with Gasteiger partial charge in [-0.1, -0.05) is 22.5 Å². The van der Waals surface area contributed by atoms with Crippen LogP contribution in [-0.4, -0.2) is 5.33 Å². The minimum absolute atomic E-state index is 0.0992. The molecule has 0 aromatic rings. The Balaban J connectivity index is 4.58. The van der Waals surface area contributed by atoms with Crippen LogP contribution in [0.4, 0.5) is 8.78 Å². The van der Waals surface area contributed by atoms with Crippen molar-refractivity contribution in [1.82, 2.24) is 0 Å². The predicted octanol–water partition coefficient (Wildman–Crippen LogP) is 4.39. The molecule has 0 amide bonds. The Bertz CT molecular complexity index is 237. The molecule has 0 rings (SSSR count). The van der Waals surface area contributed by atoms with Gasteiger partial charge in [0, 0.05) is 5.33 Å². The lowest BCUT2D eigenvalue weighted by Crippen LogP contribution is -1.83. The summed E-state index contributed by atoms with van der Waals surface area (Å²) in [6.45, 7) is 4.67. The Morgan fingerprint density at radius 3 is 2.33 bits per heavy atom. The maximum Gasteiger partial charge on any atom is 0.127 e. The topological polar surface area (TPSA) is 0 Å². The van der Waals surface area contributed by atoms with Crippen LogP contribution in [0.2, 0.25) is 0 Å². The van der Waals surface area contributed by atoms with Gasteiger partial charge in [0.2, 0.25) is 0 Å². The number of hydrogen-bond donors (Lipinski definition) is 0. The molecule has 0 aliphatic carbocycles. The highest BCUT2D eigenvalue weighted by molar-refractivity contribution is 9.11. The molecule has 0 aliphatic rings. The molecule has 0 aromatic heterocycles. The zero-order valence-corrected chi connectivity index (χ0v) is 9.68. The molecule has 0 aromatic carbocycles. The van der Waals surface area contributed by atoms with Crippen LogP contribution in [0.1, 0.15) is 6.92 Å². The molecule has 0 atom stereocenters. The van der Waals surface area contributed by atoms with E-state index in [0.717, 1.165) is 6.08 Å². The molecule has 0 radical (unpaired) electrons. The summed E-state index contributed by atoms with van der Waals surface area (Å²) in [4.78, 5) is 0. The van der Waals surface area contributed by atoms with Crippen molar-refractivity contribution in [2.75, 3.05) is 5.33 Å². The molecule has 68 valence electrons. The standard InChI is InChI=1S/C8H8Br2F2/c1-5(4-9)8(12)3-7(10)6(2)11/h3H,1,4H2,2H3/b7-6-,8-3+. The first kappa shape index (κ1) is 12.0. The number of rotatable bonds is 3. The van der Waals surface area contributed by atoms with Gasteiger partial charge < -0.3 is 0 Å². The van der Waals surface area contributed by atoms with E-state index in [1.807, 2.05) is 0 Å². The highest BCUT2D eigenvalue weighted by Crippen LogP contribution is 2.20. The first-order valence-corrected chi connectivity index (χ1v) is 5.03. The molecule has 0 unspecified atom stereocenters. The molecule has 12 heavy (non-hydrogen) atoms. The van der Waals surface area contributed by atoms with E-state index in [1.165, 1.54) is 6.92 Å². The maximum atomic E-state index is 12.9. The fourth-order valence-corrected chi connectivity index (χ4v) is 0.845. The summed E-state index contributed by atoms with van der Waals surface area (Å²) >= 11 is 5.91. The van der Waals surface area contributed by atoms with Crippen LogP contribution < -0.4 is 0 Å².